The molecule has 2 amide bonds. The Hall–Kier alpha value is -2.67. The fourth-order valence-electron chi connectivity index (χ4n) is 2.04. The van der Waals surface area contributed by atoms with E-state index in [-0.39, 0.29) is 25.0 Å². The zero-order valence-electron chi connectivity index (χ0n) is 11.3. The SMILES string of the molecule is O=C(CN1C(=O)COc2ccc(Cl)cc21)Nc1ccncn1. The molecule has 0 atom stereocenters. The molecule has 0 saturated carbocycles. The molecule has 0 aliphatic carbocycles. The lowest BCUT2D eigenvalue weighted by molar-refractivity contribution is -0.123. The number of hydrogen-bond acceptors (Lipinski definition) is 5. The zero-order valence-corrected chi connectivity index (χ0v) is 12.1. The van der Waals surface area contributed by atoms with E-state index in [0.717, 1.165) is 0 Å². The first kappa shape index (κ1) is 14.3. The molecule has 0 unspecified atom stereocenters. The molecule has 0 fully saturated rings. The Morgan fingerprint density at radius 3 is 3.05 bits per heavy atom. The third kappa shape index (κ3) is 2.99. The van der Waals surface area contributed by atoms with Crippen LogP contribution >= 0.6 is 11.6 Å². The number of rotatable bonds is 3. The summed E-state index contributed by atoms with van der Waals surface area (Å²) in [6, 6.07) is 6.48. The van der Waals surface area contributed by atoms with Gasteiger partial charge in [0.1, 0.15) is 24.4 Å². The number of carbonyl (C=O) groups is 2. The third-order valence-electron chi connectivity index (χ3n) is 3.02. The fourth-order valence-corrected chi connectivity index (χ4v) is 2.21. The summed E-state index contributed by atoms with van der Waals surface area (Å²) >= 11 is 5.94. The number of hydrogen-bond donors (Lipinski definition) is 1. The van der Waals surface area contributed by atoms with Gasteiger partial charge in [0.25, 0.3) is 5.91 Å². The van der Waals surface area contributed by atoms with Crippen molar-refractivity contribution >= 4 is 34.9 Å². The van der Waals surface area contributed by atoms with Gasteiger partial charge in [0, 0.05) is 11.2 Å². The quantitative estimate of drug-likeness (QED) is 0.927. The predicted molar refractivity (Wildman–Crippen MR) is 80.0 cm³/mol. The molecule has 2 aromatic rings. The van der Waals surface area contributed by atoms with Gasteiger partial charge in [-0.3, -0.25) is 14.5 Å². The second-order valence-corrected chi connectivity index (χ2v) is 4.96. The normalized spacial score (nSPS) is 13.3. The predicted octanol–water partition coefficient (Wildman–Crippen LogP) is 1.49. The average Bonchev–Trinajstić information content (AvgIpc) is 2.51. The van der Waals surface area contributed by atoms with Gasteiger partial charge < -0.3 is 10.1 Å². The number of nitrogens with zero attached hydrogens (tertiary/aromatic N) is 3. The van der Waals surface area contributed by atoms with Gasteiger partial charge in [-0.2, -0.15) is 0 Å². The number of carbonyl (C=O) groups excluding carboxylic acids is 2. The minimum atomic E-state index is -0.375. The Morgan fingerprint density at radius 2 is 2.27 bits per heavy atom. The van der Waals surface area contributed by atoms with Crippen LogP contribution in [-0.2, 0) is 9.59 Å². The lowest BCUT2D eigenvalue weighted by Gasteiger charge is -2.28. The molecule has 1 aliphatic heterocycles. The third-order valence-corrected chi connectivity index (χ3v) is 3.25. The fraction of sp³-hybridized carbons (Fsp3) is 0.143. The summed E-state index contributed by atoms with van der Waals surface area (Å²) in [5, 5.41) is 3.05. The van der Waals surface area contributed by atoms with E-state index >= 15 is 0 Å². The lowest BCUT2D eigenvalue weighted by Crippen LogP contribution is -2.43. The maximum atomic E-state index is 12.1. The van der Waals surface area contributed by atoms with E-state index in [4.69, 9.17) is 16.3 Å². The van der Waals surface area contributed by atoms with Gasteiger partial charge >= 0.3 is 0 Å². The van der Waals surface area contributed by atoms with Gasteiger partial charge in [-0.15, -0.1) is 0 Å². The number of halogens is 1. The first-order valence-corrected chi connectivity index (χ1v) is 6.80. The standard InChI is InChI=1S/C14H11ClN4O3/c15-9-1-2-11-10(5-9)19(14(21)7-22-11)6-13(20)18-12-3-4-16-8-17-12/h1-5,8H,6-7H2,(H,16,17,18,20). The first-order chi connectivity index (χ1) is 10.6. The highest BCUT2D eigenvalue weighted by molar-refractivity contribution is 6.31. The van der Waals surface area contributed by atoms with Gasteiger partial charge in [0.2, 0.25) is 5.91 Å². The molecule has 1 N–H and O–H groups in total. The largest absolute Gasteiger partial charge is 0.482 e. The molecular weight excluding hydrogens is 308 g/mol. The molecule has 0 saturated heterocycles. The van der Waals surface area contributed by atoms with E-state index in [2.05, 4.69) is 15.3 Å². The number of amides is 2. The molecule has 3 rings (SSSR count). The highest BCUT2D eigenvalue weighted by atomic mass is 35.5. The number of ether oxygens (including phenoxy) is 1. The number of fused-ring (bicyclic) bond motifs is 1. The molecule has 22 heavy (non-hydrogen) atoms. The summed E-state index contributed by atoms with van der Waals surface area (Å²) in [6.45, 7) is -0.269. The summed E-state index contributed by atoms with van der Waals surface area (Å²) < 4.78 is 5.32. The van der Waals surface area contributed by atoms with E-state index in [9.17, 15) is 9.59 Å². The minimum absolute atomic E-state index is 0.116. The van der Waals surface area contributed by atoms with Crippen LogP contribution in [0.15, 0.2) is 36.8 Å². The second kappa shape index (κ2) is 5.98. The molecule has 2 heterocycles. The van der Waals surface area contributed by atoms with Crippen LogP contribution in [0.25, 0.3) is 0 Å². The summed E-state index contributed by atoms with van der Waals surface area (Å²) in [5.74, 6) is 0.193. The number of aromatic nitrogens is 2. The van der Waals surface area contributed by atoms with Crippen LogP contribution in [0.5, 0.6) is 5.75 Å². The lowest BCUT2D eigenvalue weighted by atomic mass is 10.2. The number of anilines is 2. The average molecular weight is 319 g/mol. The van der Waals surface area contributed by atoms with Crippen molar-refractivity contribution in [2.75, 3.05) is 23.4 Å². The molecule has 0 radical (unpaired) electrons. The van der Waals surface area contributed by atoms with Crippen molar-refractivity contribution in [3.63, 3.8) is 0 Å². The summed E-state index contributed by atoms with van der Waals surface area (Å²) in [7, 11) is 0. The molecule has 1 aromatic heterocycles. The van der Waals surface area contributed by atoms with Crippen molar-refractivity contribution in [2.24, 2.45) is 0 Å². The summed E-state index contributed by atoms with van der Waals surface area (Å²) in [6.07, 6.45) is 2.84. The number of nitrogens with one attached hydrogen (secondary N) is 1. The molecule has 0 bridgehead atoms. The second-order valence-electron chi connectivity index (χ2n) is 4.52. The van der Waals surface area contributed by atoms with Crippen LogP contribution in [0.2, 0.25) is 5.02 Å². The van der Waals surface area contributed by atoms with Crippen LogP contribution in [0.1, 0.15) is 0 Å². The number of benzene rings is 1. The monoisotopic (exact) mass is 318 g/mol. The zero-order chi connectivity index (χ0) is 15.5. The van der Waals surface area contributed by atoms with E-state index < -0.39 is 0 Å². The van der Waals surface area contributed by atoms with Crippen LogP contribution in [0.3, 0.4) is 0 Å². The highest BCUT2D eigenvalue weighted by Crippen LogP contribution is 2.34. The Balaban J connectivity index is 1.78. The molecule has 1 aromatic carbocycles. The molecule has 112 valence electrons. The maximum absolute atomic E-state index is 12.1. The highest BCUT2D eigenvalue weighted by Gasteiger charge is 2.27. The van der Waals surface area contributed by atoms with Gasteiger partial charge in [-0.1, -0.05) is 11.6 Å². The van der Waals surface area contributed by atoms with Crippen molar-refractivity contribution in [3.05, 3.63) is 41.8 Å². The molecule has 8 heteroatoms. The minimum Gasteiger partial charge on any atom is -0.482 e. The first-order valence-electron chi connectivity index (χ1n) is 6.42. The van der Waals surface area contributed by atoms with E-state index in [0.29, 0.717) is 22.3 Å². The Labute approximate surface area is 130 Å². The van der Waals surface area contributed by atoms with E-state index in [1.54, 1.807) is 24.3 Å². The molecular formula is C14H11ClN4O3. The smallest absolute Gasteiger partial charge is 0.265 e. The van der Waals surface area contributed by atoms with Gasteiger partial charge in [0.15, 0.2) is 6.61 Å². The van der Waals surface area contributed by atoms with Crippen LogP contribution < -0.4 is 15.0 Å². The van der Waals surface area contributed by atoms with Gasteiger partial charge in [-0.05, 0) is 24.3 Å². The molecule has 0 spiro atoms. The van der Waals surface area contributed by atoms with Gasteiger partial charge in [-0.25, -0.2) is 9.97 Å². The summed E-state index contributed by atoms with van der Waals surface area (Å²) in [4.78, 5) is 33.1. The van der Waals surface area contributed by atoms with Crippen molar-refractivity contribution in [1.82, 2.24) is 9.97 Å². The van der Waals surface area contributed by atoms with Crippen molar-refractivity contribution in [3.8, 4) is 5.75 Å². The van der Waals surface area contributed by atoms with Crippen LogP contribution in [0, 0.1) is 0 Å². The Kier molecular flexibility index (Phi) is 3.88. The topological polar surface area (TPSA) is 84.4 Å². The molecule has 1 aliphatic rings. The van der Waals surface area contributed by atoms with Crippen LogP contribution in [-0.4, -0.2) is 34.9 Å². The van der Waals surface area contributed by atoms with Crippen molar-refractivity contribution in [2.45, 2.75) is 0 Å². The van der Waals surface area contributed by atoms with Crippen molar-refractivity contribution in [1.29, 1.82) is 0 Å². The molecule has 7 nitrogen and oxygen atoms in total. The van der Waals surface area contributed by atoms with Crippen molar-refractivity contribution < 1.29 is 14.3 Å². The van der Waals surface area contributed by atoms with Crippen LogP contribution in [0.4, 0.5) is 11.5 Å². The van der Waals surface area contributed by atoms with E-state index in [1.807, 2.05) is 0 Å². The van der Waals surface area contributed by atoms with Gasteiger partial charge in [0.05, 0.1) is 5.69 Å². The Bertz CT molecular complexity index is 723. The van der Waals surface area contributed by atoms with E-state index in [1.165, 1.54) is 17.4 Å². The Morgan fingerprint density at radius 1 is 1.41 bits per heavy atom. The summed E-state index contributed by atoms with van der Waals surface area (Å²) in [5.41, 5.74) is 0.474. The maximum Gasteiger partial charge on any atom is 0.265 e.